The van der Waals surface area contributed by atoms with Gasteiger partial charge >= 0.3 is 5.97 Å². The van der Waals surface area contributed by atoms with Crippen molar-refractivity contribution < 1.29 is 19.4 Å². The molecule has 0 aliphatic heterocycles. The van der Waals surface area contributed by atoms with E-state index in [9.17, 15) is 9.18 Å². The lowest BCUT2D eigenvalue weighted by Gasteiger charge is -1.99. The van der Waals surface area contributed by atoms with Crippen molar-refractivity contribution in [3.63, 3.8) is 0 Å². The molecule has 0 aromatic carbocycles. The second kappa shape index (κ2) is 3.17. The highest BCUT2D eigenvalue weighted by Gasteiger charge is 2.07. The molecule has 0 radical (unpaired) electrons. The third kappa shape index (κ3) is 1.91. The average Bonchev–Trinajstić information content (AvgIpc) is 1.96. The fraction of sp³-hybridized carbons (Fsp3) is 0.143. The number of halogens is 1. The zero-order valence-corrected chi connectivity index (χ0v) is 5.99. The summed E-state index contributed by atoms with van der Waals surface area (Å²) < 4.78 is 12.4. The Morgan fingerprint density at radius 1 is 1.67 bits per heavy atom. The summed E-state index contributed by atoms with van der Waals surface area (Å²) in [4.78, 5) is 13.3. The molecule has 0 spiro atoms. The highest BCUT2D eigenvalue weighted by Crippen LogP contribution is 2.15. The highest BCUT2D eigenvalue weighted by atomic mass is 19.1. The minimum absolute atomic E-state index is 0.0231. The molecule has 2 N–H and O–H groups in total. The van der Waals surface area contributed by atoms with Crippen LogP contribution in [0.5, 0.6) is 5.75 Å². The first-order valence-corrected chi connectivity index (χ1v) is 3.15. The molecule has 1 rings (SSSR count). The van der Waals surface area contributed by atoms with E-state index in [1.165, 1.54) is 0 Å². The first kappa shape index (κ1) is 8.45. The Kier molecular flexibility index (Phi) is 2.23. The first-order valence-electron chi connectivity index (χ1n) is 3.15. The van der Waals surface area contributed by atoms with Gasteiger partial charge in [0, 0.05) is 11.6 Å². The number of rotatable bonds is 2. The topological polar surface area (TPSA) is 70.4 Å². The van der Waals surface area contributed by atoms with E-state index in [2.05, 4.69) is 4.98 Å². The molecule has 0 atom stereocenters. The number of aliphatic carboxylic acids is 1. The van der Waals surface area contributed by atoms with E-state index in [1.807, 2.05) is 0 Å². The molecule has 0 saturated heterocycles. The van der Waals surface area contributed by atoms with Gasteiger partial charge in [-0.2, -0.15) is 4.39 Å². The van der Waals surface area contributed by atoms with Gasteiger partial charge in [0.2, 0.25) is 5.95 Å². The third-order valence-corrected chi connectivity index (χ3v) is 1.27. The van der Waals surface area contributed by atoms with Crippen LogP contribution in [-0.2, 0) is 11.2 Å². The number of hydrogen-bond acceptors (Lipinski definition) is 3. The van der Waals surface area contributed by atoms with E-state index < -0.39 is 18.3 Å². The van der Waals surface area contributed by atoms with Crippen LogP contribution in [0.25, 0.3) is 0 Å². The Hall–Kier alpha value is -1.65. The van der Waals surface area contributed by atoms with Crippen molar-refractivity contribution in [3.05, 3.63) is 23.8 Å². The van der Waals surface area contributed by atoms with Crippen LogP contribution in [0, 0.1) is 5.95 Å². The van der Waals surface area contributed by atoms with Crippen molar-refractivity contribution in [2.75, 3.05) is 0 Å². The van der Waals surface area contributed by atoms with E-state index in [0.717, 1.165) is 12.3 Å². The largest absolute Gasteiger partial charge is 0.506 e. The van der Waals surface area contributed by atoms with Crippen LogP contribution in [0.15, 0.2) is 12.3 Å². The normalized spacial score (nSPS) is 9.75. The van der Waals surface area contributed by atoms with Crippen LogP contribution in [0.2, 0.25) is 0 Å². The van der Waals surface area contributed by atoms with Crippen molar-refractivity contribution in [2.45, 2.75) is 6.42 Å². The molecule has 1 aromatic rings. The predicted molar refractivity (Wildman–Crippen MR) is 37.2 cm³/mol. The Morgan fingerprint density at radius 3 is 2.92 bits per heavy atom. The van der Waals surface area contributed by atoms with Crippen LogP contribution in [0.1, 0.15) is 5.56 Å². The molecule has 5 heteroatoms. The molecule has 0 unspecified atom stereocenters. The molecular weight excluding hydrogens is 165 g/mol. The summed E-state index contributed by atoms with van der Waals surface area (Å²) in [6, 6.07) is 0.892. The van der Waals surface area contributed by atoms with E-state index >= 15 is 0 Å². The van der Waals surface area contributed by atoms with E-state index in [1.54, 1.807) is 0 Å². The number of carbonyl (C=O) groups is 1. The molecule has 0 amide bonds. The molecule has 0 bridgehead atoms. The number of carboxylic acid groups (broad SMARTS) is 1. The smallest absolute Gasteiger partial charge is 0.307 e. The molecule has 4 nitrogen and oxygen atoms in total. The van der Waals surface area contributed by atoms with Crippen LogP contribution in [-0.4, -0.2) is 21.2 Å². The zero-order valence-electron chi connectivity index (χ0n) is 5.99. The number of aromatic nitrogens is 1. The lowest BCUT2D eigenvalue weighted by atomic mass is 10.2. The lowest BCUT2D eigenvalue weighted by molar-refractivity contribution is -0.136. The SMILES string of the molecule is O=C(O)Cc1cc(F)ncc1O. The van der Waals surface area contributed by atoms with Gasteiger partial charge in [-0.3, -0.25) is 4.79 Å². The van der Waals surface area contributed by atoms with Gasteiger partial charge in [-0.1, -0.05) is 0 Å². The molecule has 0 saturated carbocycles. The molecule has 0 aliphatic rings. The van der Waals surface area contributed by atoms with Crippen LogP contribution in [0.4, 0.5) is 4.39 Å². The van der Waals surface area contributed by atoms with Crippen molar-refractivity contribution in [1.82, 2.24) is 4.98 Å². The van der Waals surface area contributed by atoms with Gasteiger partial charge in [0.05, 0.1) is 12.6 Å². The van der Waals surface area contributed by atoms with Crippen molar-refractivity contribution in [2.24, 2.45) is 0 Å². The number of nitrogens with zero attached hydrogens (tertiary/aromatic N) is 1. The number of hydrogen-bond donors (Lipinski definition) is 2. The second-order valence-electron chi connectivity index (χ2n) is 2.21. The number of aromatic hydroxyl groups is 1. The van der Waals surface area contributed by atoms with Crippen LogP contribution < -0.4 is 0 Å². The summed E-state index contributed by atoms with van der Waals surface area (Å²) >= 11 is 0. The number of carboxylic acids is 1. The Bertz CT molecular complexity index is 314. The Labute approximate surface area is 67.3 Å². The maximum absolute atomic E-state index is 12.4. The summed E-state index contributed by atoms with van der Waals surface area (Å²) in [5.74, 6) is -2.24. The molecule has 12 heavy (non-hydrogen) atoms. The second-order valence-corrected chi connectivity index (χ2v) is 2.21. The maximum Gasteiger partial charge on any atom is 0.307 e. The van der Waals surface area contributed by atoms with Gasteiger partial charge in [-0.15, -0.1) is 0 Å². The quantitative estimate of drug-likeness (QED) is 0.637. The molecule has 1 aromatic heterocycles. The van der Waals surface area contributed by atoms with Crippen molar-refractivity contribution >= 4 is 5.97 Å². The Balaban J connectivity index is 2.97. The standard InChI is InChI=1S/C7H6FNO3/c8-6-1-4(2-7(11)12)5(10)3-9-6/h1,3,10H,2H2,(H,11,12). The van der Waals surface area contributed by atoms with Gasteiger partial charge < -0.3 is 10.2 Å². The van der Waals surface area contributed by atoms with Crippen LogP contribution in [0.3, 0.4) is 0 Å². The van der Waals surface area contributed by atoms with Crippen molar-refractivity contribution in [3.8, 4) is 5.75 Å². The third-order valence-electron chi connectivity index (χ3n) is 1.27. The van der Waals surface area contributed by atoms with E-state index in [0.29, 0.717) is 0 Å². The zero-order chi connectivity index (χ0) is 9.14. The monoisotopic (exact) mass is 171 g/mol. The predicted octanol–water partition coefficient (Wildman–Crippen LogP) is 0.553. The highest BCUT2D eigenvalue weighted by molar-refractivity contribution is 5.71. The van der Waals surface area contributed by atoms with Crippen LogP contribution >= 0.6 is 0 Å². The van der Waals surface area contributed by atoms with Gasteiger partial charge in [0.1, 0.15) is 5.75 Å². The van der Waals surface area contributed by atoms with Gasteiger partial charge in [0.15, 0.2) is 0 Å². The lowest BCUT2D eigenvalue weighted by Crippen LogP contribution is -2.01. The summed E-state index contributed by atoms with van der Waals surface area (Å²) in [6.45, 7) is 0. The van der Waals surface area contributed by atoms with E-state index in [-0.39, 0.29) is 11.3 Å². The first-order chi connectivity index (χ1) is 5.59. The maximum atomic E-state index is 12.4. The minimum atomic E-state index is -1.13. The Morgan fingerprint density at radius 2 is 2.33 bits per heavy atom. The summed E-state index contributed by atoms with van der Waals surface area (Å²) in [7, 11) is 0. The molecule has 0 aliphatic carbocycles. The van der Waals surface area contributed by atoms with E-state index in [4.69, 9.17) is 10.2 Å². The number of pyridine rings is 1. The van der Waals surface area contributed by atoms with Gasteiger partial charge in [-0.25, -0.2) is 4.98 Å². The molecule has 0 fully saturated rings. The fourth-order valence-electron chi connectivity index (χ4n) is 0.765. The summed E-state index contributed by atoms with van der Waals surface area (Å²) in [5, 5.41) is 17.3. The van der Waals surface area contributed by atoms with Gasteiger partial charge in [-0.05, 0) is 0 Å². The summed E-state index contributed by atoms with van der Waals surface area (Å²) in [5.41, 5.74) is 0.0231. The summed E-state index contributed by atoms with van der Waals surface area (Å²) in [6.07, 6.45) is 0.471. The average molecular weight is 171 g/mol. The molecule has 1 heterocycles. The van der Waals surface area contributed by atoms with Crippen molar-refractivity contribution in [1.29, 1.82) is 0 Å². The fourth-order valence-corrected chi connectivity index (χ4v) is 0.765. The molecule has 64 valence electrons. The van der Waals surface area contributed by atoms with Gasteiger partial charge in [0.25, 0.3) is 0 Å². The minimum Gasteiger partial charge on any atom is -0.506 e. The molecular formula is C7H6FNO3.